The maximum Gasteiger partial charge on any atom is 0.416 e. The van der Waals surface area contributed by atoms with Gasteiger partial charge in [-0.25, -0.2) is 0 Å². The minimum absolute atomic E-state index is 0.0387. The number of carbonyl (C=O) groups is 1. The number of benzene rings is 4. The second-order valence-electron chi connectivity index (χ2n) is 11.2. The van der Waals surface area contributed by atoms with Crippen molar-refractivity contribution in [2.24, 2.45) is 0 Å². The van der Waals surface area contributed by atoms with Gasteiger partial charge in [0.25, 0.3) is 0 Å². The minimum Gasteiger partial charge on any atom is -0.493 e. The van der Waals surface area contributed by atoms with Crippen LogP contribution in [0.25, 0.3) is 0 Å². The fraction of sp³-hybridized carbons (Fsp3) is 0.306. The lowest BCUT2D eigenvalue weighted by atomic mass is 9.88. The predicted octanol–water partition coefficient (Wildman–Crippen LogP) is 8.96. The first-order chi connectivity index (χ1) is 22.0. The first-order valence-corrected chi connectivity index (χ1v) is 16.0. The average Bonchev–Trinajstić information content (AvgIpc) is 3.46. The van der Waals surface area contributed by atoms with Crippen LogP contribution in [0.15, 0.2) is 91.0 Å². The molecule has 2 unspecified atom stereocenters. The summed E-state index contributed by atoms with van der Waals surface area (Å²) in [5.74, 6) is -0.286. The summed E-state index contributed by atoms with van der Waals surface area (Å²) in [6.07, 6.45) is -4.65. The predicted molar refractivity (Wildman–Crippen MR) is 176 cm³/mol. The number of halogens is 5. The number of carbonyl (C=O) groups excluding carboxylic acids is 1. The zero-order chi connectivity index (χ0) is 33.1. The van der Waals surface area contributed by atoms with E-state index in [2.05, 4.69) is 29.4 Å². The summed E-state index contributed by atoms with van der Waals surface area (Å²) in [6, 6.07) is 23.7. The Hall–Kier alpha value is -3.40. The van der Waals surface area contributed by atoms with Gasteiger partial charge in [-0.15, -0.1) is 0 Å². The first kappa shape index (κ1) is 33.9. The fourth-order valence-corrected chi connectivity index (χ4v) is 6.19. The van der Waals surface area contributed by atoms with Crippen LogP contribution in [0.5, 0.6) is 5.75 Å². The van der Waals surface area contributed by atoms with Crippen molar-refractivity contribution >= 4 is 29.0 Å². The number of hydrogen-bond acceptors (Lipinski definition) is 5. The molecule has 1 aliphatic rings. The van der Waals surface area contributed by atoms with Gasteiger partial charge in [-0.1, -0.05) is 85.6 Å². The molecule has 10 heteroatoms. The van der Waals surface area contributed by atoms with Crippen molar-refractivity contribution in [2.75, 3.05) is 19.7 Å². The lowest BCUT2D eigenvalue weighted by Crippen LogP contribution is -2.53. The third kappa shape index (κ3) is 7.11. The molecule has 0 saturated carbocycles. The van der Waals surface area contributed by atoms with Crippen LogP contribution in [-0.2, 0) is 18.4 Å². The molecule has 5 rings (SSSR count). The average molecular weight is 671 g/mol. The molecule has 1 heterocycles. The molecular formula is C36H36Cl2F3N3O2. The molecule has 2 atom stereocenters. The molecule has 242 valence electrons. The van der Waals surface area contributed by atoms with Gasteiger partial charge < -0.3 is 4.74 Å². The summed E-state index contributed by atoms with van der Waals surface area (Å²) < 4.78 is 48.5. The maximum atomic E-state index is 14.9. The molecular weight excluding hydrogens is 634 g/mol. The van der Waals surface area contributed by atoms with Crippen molar-refractivity contribution in [3.8, 4) is 5.75 Å². The molecule has 0 aromatic heterocycles. The van der Waals surface area contributed by atoms with Crippen molar-refractivity contribution in [1.29, 1.82) is 0 Å². The number of alkyl halides is 3. The summed E-state index contributed by atoms with van der Waals surface area (Å²) in [7, 11) is 0. The minimum atomic E-state index is -4.65. The van der Waals surface area contributed by atoms with E-state index in [-0.39, 0.29) is 17.9 Å². The molecule has 46 heavy (non-hydrogen) atoms. The van der Waals surface area contributed by atoms with Gasteiger partial charge in [0, 0.05) is 27.7 Å². The van der Waals surface area contributed by atoms with Crippen LogP contribution in [0.2, 0.25) is 10.0 Å². The highest BCUT2D eigenvalue weighted by Crippen LogP contribution is 2.46. The summed E-state index contributed by atoms with van der Waals surface area (Å²) in [5, 5.41) is 7.99. The third-order valence-corrected chi connectivity index (χ3v) is 8.91. The highest BCUT2D eigenvalue weighted by Gasteiger charge is 2.53. The molecule has 2 N–H and O–H groups in total. The van der Waals surface area contributed by atoms with E-state index in [1.54, 1.807) is 43.3 Å². The van der Waals surface area contributed by atoms with E-state index in [1.807, 2.05) is 36.4 Å². The van der Waals surface area contributed by atoms with Gasteiger partial charge in [-0.05, 0) is 79.2 Å². The molecule has 0 spiro atoms. The van der Waals surface area contributed by atoms with Crippen molar-refractivity contribution in [3.63, 3.8) is 0 Å². The van der Waals surface area contributed by atoms with Crippen molar-refractivity contribution in [3.05, 3.63) is 134 Å². The molecule has 4 aromatic carbocycles. The van der Waals surface area contributed by atoms with Gasteiger partial charge in [0.15, 0.2) is 5.66 Å². The van der Waals surface area contributed by atoms with Crippen molar-refractivity contribution < 1.29 is 22.7 Å². The molecule has 0 bridgehead atoms. The highest BCUT2D eigenvalue weighted by molar-refractivity contribution is 6.30. The van der Waals surface area contributed by atoms with E-state index < -0.39 is 35.3 Å². The van der Waals surface area contributed by atoms with E-state index in [9.17, 15) is 18.0 Å². The molecule has 0 amide bonds. The number of Topliss-reactive ketones (excluding diaryl/α,β-unsaturated/α-hetero) is 1. The van der Waals surface area contributed by atoms with Crippen LogP contribution in [0.1, 0.15) is 71.0 Å². The highest BCUT2D eigenvalue weighted by atomic mass is 35.5. The molecule has 1 fully saturated rings. The quantitative estimate of drug-likeness (QED) is 0.156. The summed E-state index contributed by atoms with van der Waals surface area (Å²) >= 11 is 12.4. The lowest BCUT2D eigenvalue weighted by Gasteiger charge is -2.32. The maximum absolute atomic E-state index is 14.9. The van der Waals surface area contributed by atoms with Gasteiger partial charge in [0.2, 0.25) is 5.78 Å². The van der Waals surface area contributed by atoms with Crippen molar-refractivity contribution in [2.45, 2.75) is 51.2 Å². The van der Waals surface area contributed by atoms with E-state index in [1.165, 1.54) is 6.07 Å². The van der Waals surface area contributed by atoms with Crippen molar-refractivity contribution in [1.82, 2.24) is 15.5 Å². The zero-order valence-electron chi connectivity index (χ0n) is 25.8. The van der Waals surface area contributed by atoms with Gasteiger partial charge >= 0.3 is 6.18 Å². The normalized spacial score (nSPS) is 19.8. The monoisotopic (exact) mass is 669 g/mol. The Morgan fingerprint density at radius 3 is 1.78 bits per heavy atom. The van der Waals surface area contributed by atoms with Crippen LogP contribution in [0.3, 0.4) is 0 Å². The molecule has 5 nitrogen and oxygen atoms in total. The summed E-state index contributed by atoms with van der Waals surface area (Å²) in [5.41, 5.74) is 0.243. The Morgan fingerprint density at radius 1 is 0.804 bits per heavy atom. The fourth-order valence-electron chi connectivity index (χ4n) is 5.94. The van der Waals surface area contributed by atoms with Gasteiger partial charge in [-0.3, -0.25) is 20.3 Å². The topological polar surface area (TPSA) is 53.6 Å². The Labute approximate surface area is 277 Å². The van der Waals surface area contributed by atoms with E-state index in [4.69, 9.17) is 27.9 Å². The first-order valence-electron chi connectivity index (χ1n) is 15.3. The van der Waals surface area contributed by atoms with Gasteiger partial charge in [0.05, 0.1) is 24.3 Å². The van der Waals surface area contributed by atoms with Crippen LogP contribution in [0, 0.1) is 0 Å². The number of nitrogens with one attached hydrogen (secondary N) is 2. The number of hydrogen-bond donors (Lipinski definition) is 2. The SMILES string of the molecule is CCOc1ccc(C(F)(F)F)cc1C1(C(=O)c2ccc(CN(CC)CC)cc2)NC(c2ccc(Cl)cc2)C(c2ccc(Cl)cc2)N1. The second-order valence-corrected chi connectivity index (χ2v) is 12.1. The molecule has 4 aromatic rings. The molecule has 0 aliphatic carbocycles. The second kappa shape index (κ2) is 14.2. The van der Waals surface area contributed by atoms with Crippen LogP contribution in [-0.4, -0.2) is 30.4 Å². The number of nitrogens with zero attached hydrogens (tertiary/aromatic N) is 1. The van der Waals surface area contributed by atoms with E-state index >= 15 is 0 Å². The lowest BCUT2D eigenvalue weighted by molar-refractivity contribution is -0.137. The molecule has 0 radical (unpaired) electrons. The molecule has 1 saturated heterocycles. The Bertz CT molecular complexity index is 1590. The standard InChI is InChI=1S/C36H36Cl2F3N3O2/c1-4-44(5-2)22-23-7-9-26(10-8-23)34(45)35(30-21-27(36(39,40)41)15-20-31(30)46-6-3)42-32(24-11-16-28(37)17-12-24)33(43-35)25-13-18-29(38)19-14-25/h7-21,32-33,42-43H,4-6,22H2,1-3H3. The number of rotatable bonds is 11. The van der Waals surface area contributed by atoms with E-state index in [0.717, 1.165) is 41.9 Å². The van der Waals surface area contributed by atoms with Crippen LogP contribution >= 0.6 is 23.2 Å². The zero-order valence-corrected chi connectivity index (χ0v) is 27.3. The number of ether oxygens (including phenoxy) is 1. The summed E-state index contributed by atoms with van der Waals surface area (Å²) in [4.78, 5) is 17.1. The summed E-state index contributed by atoms with van der Waals surface area (Å²) in [6.45, 7) is 8.56. The Morgan fingerprint density at radius 2 is 1.33 bits per heavy atom. The van der Waals surface area contributed by atoms with Gasteiger partial charge in [-0.2, -0.15) is 13.2 Å². The van der Waals surface area contributed by atoms with E-state index in [0.29, 0.717) is 22.2 Å². The number of ketones is 1. The smallest absolute Gasteiger partial charge is 0.416 e. The third-order valence-electron chi connectivity index (χ3n) is 8.40. The molecule has 1 aliphatic heterocycles. The Balaban J connectivity index is 1.71. The van der Waals surface area contributed by atoms with Gasteiger partial charge in [0.1, 0.15) is 5.75 Å². The van der Waals surface area contributed by atoms with Crippen LogP contribution < -0.4 is 15.4 Å². The Kier molecular flexibility index (Phi) is 10.4. The largest absolute Gasteiger partial charge is 0.493 e. The van der Waals surface area contributed by atoms with Crippen LogP contribution in [0.4, 0.5) is 13.2 Å².